The van der Waals surface area contributed by atoms with Crippen LogP contribution in [0, 0.1) is 5.41 Å². The quantitative estimate of drug-likeness (QED) is 0.700. The second kappa shape index (κ2) is 5.56. The molecule has 6 heteroatoms. The first-order chi connectivity index (χ1) is 7.93. The second-order valence-corrected chi connectivity index (χ2v) is 6.12. The zero-order valence-electron chi connectivity index (χ0n) is 11.9. The maximum Gasteiger partial charge on any atom is 0.326 e. The maximum atomic E-state index is 12.0. The maximum absolute atomic E-state index is 12.0. The number of aliphatic carboxylic acids is 1. The molecule has 6 nitrogen and oxygen atoms in total. The molecule has 106 valence electrons. The molecular formula is C12H24N2O4. The third kappa shape index (κ3) is 4.18. The molecule has 1 atom stereocenters. The van der Waals surface area contributed by atoms with Crippen molar-refractivity contribution in [2.45, 2.75) is 46.2 Å². The molecule has 0 saturated carbocycles. The first-order valence-electron chi connectivity index (χ1n) is 5.81. The summed E-state index contributed by atoms with van der Waals surface area (Å²) in [5.74, 6) is -1.08. The number of carboxylic acids is 1. The number of rotatable bonds is 4. The number of likely N-dealkylation sites (N-methyl/N-ethyl adjacent to an activating group) is 1. The molecule has 0 fully saturated rings. The molecule has 0 aliphatic rings. The monoisotopic (exact) mass is 260 g/mol. The number of hydrogen-bond donors (Lipinski definition) is 3. The highest BCUT2D eigenvalue weighted by Crippen LogP contribution is 2.20. The molecule has 0 rings (SSSR count). The minimum absolute atomic E-state index is 0.204. The van der Waals surface area contributed by atoms with Crippen molar-refractivity contribution in [1.29, 1.82) is 0 Å². The summed E-state index contributed by atoms with van der Waals surface area (Å²) in [5.41, 5.74) is -1.34. The van der Waals surface area contributed by atoms with Crippen molar-refractivity contribution < 1.29 is 19.8 Å². The van der Waals surface area contributed by atoms with E-state index < -0.39 is 29.0 Å². The summed E-state index contributed by atoms with van der Waals surface area (Å²) in [6.07, 6.45) is 0. The topological polar surface area (TPSA) is 89.9 Å². The Morgan fingerprint density at radius 1 is 1.22 bits per heavy atom. The van der Waals surface area contributed by atoms with E-state index in [2.05, 4.69) is 5.32 Å². The van der Waals surface area contributed by atoms with Crippen LogP contribution in [0.2, 0.25) is 0 Å². The van der Waals surface area contributed by atoms with E-state index in [1.165, 1.54) is 11.9 Å². The van der Waals surface area contributed by atoms with Gasteiger partial charge in [0, 0.05) is 7.05 Å². The number of nitrogens with zero attached hydrogens (tertiary/aromatic N) is 1. The summed E-state index contributed by atoms with van der Waals surface area (Å²) in [5, 5.41) is 20.8. The molecule has 0 aromatic rings. The van der Waals surface area contributed by atoms with Gasteiger partial charge in [-0.15, -0.1) is 0 Å². The smallest absolute Gasteiger partial charge is 0.326 e. The highest BCUT2D eigenvalue weighted by molar-refractivity contribution is 5.83. The Morgan fingerprint density at radius 3 is 1.94 bits per heavy atom. The molecular weight excluding hydrogens is 236 g/mol. The average Bonchev–Trinajstić information content (AvgIpc) is 2.22. The van der Waals surface area contributed by atoms with E-state index in [9.17, 15) is 14.7 Å². The Labute approximate surface area is 108 Å². The molecule has 0 aliphatic heterocycles. The number of carbonyl (C=O) groups is 2. The SMILES string of the molecule is CN(C(=O)NC(C(=O)O)C(C)(C)C)C(C)(C)CO. The van der Waals surface area contributed by atoms with Crippen LogP contribution in [0.5, 0.6) is 0 Å². The van der Waals surface area contributed by atoms with Crippen molar-refractivity contribution in [2.75, 3.05) is 13.7 Å². The number of aliphatic hydroxyl groups excluding tert-OH is 1. The van der Waals surface area contributed by atoms with Gasteiger partial charge in [-0.1, -0.05) is 20.8 Å². The van der Waals surface area contributed by atoms with E-state index in [1.807, 2.05) is 0 Å². The fourth-order valence-corrected chi connectivity index (χ4v) is 1.25. The molecule has 0 spiro atoms. The number of carboxylic acid groups (broad SMARTS) is 1. The fourth-order valence-electron chi connectivity index (χ4n) is 1.25. The van der Waals surface area contributed by atoms with Gasteiger partial charge in [-0.3, -0.25) is 0 Å². The summed E-state index contributed by atoms with van der Waals surface area (Å²) in [4.78, 5) is 24.4. The molecule has 2 amide bonds. The highest BCUT2D eigenvalue weighted by Gasteiger charge is 2.35. The second-order valence-electron chi connectivity index (χ2n) is 6.12. The van der Waals surface area contributed by atoms with Gasteiger partial charge >= 0.3 is 12.0 Å². The standard InChI is InChI=1S/C12H24N2O4/c1-11(2,3)8(9(16)17)13-10(18)14(6)12(4,5)7-15/h8,15H,7H2,1-6H3,(H,13,18)(H,16,17). The van der Waals surface area contributed by atoms with E-state index in [1.54, 1.807) is 34.6 Å². The minimum atomic E-state index is -1.08. The Bertz CT molecular complexity index is 321. The predicted molar refractivity (Wildman–Crippen MR) is 68.3 cm³/mol. The number of aliphatic hydroxyl groups is 1. The summed E-state index contributed by atoms with van der Waals surface area (Å²) >= 11 is 0. The van der Waals surface area contributed by atoms with Crippen LogP contribution in [-0.2, 0) is 4.79 Å². The Hall–Kier alpha value is -1.30. The lowest BCUT2D eigenvalue weighted by Crippen LogP contribution is -2.57. The lowest BCUT2D eigenvalue weighted by molar-refractivity contribution is -0.142. The number of urea groups is 1. The summed E-state index contributed by atoms with van der Waals surface area (Å²) in [6, 6.07) is -1.50. The lowest BCUT2D eigenvalue weighted by atomic mass is 9.87. The average molecular weight is 260 g/mol. The van der Waals surface area contributed by atoms with Crippen molar-refractivity contribution in [3.05, 3.63) is 0 Å². The van der Waals surface area contributed by atoms with Gasteiger partial charge in [0.25, 0.3) is 0 Å². The van der Waals surface area contributed by atoms with Gasteiger partial charge in [-0.2, -0.15) is 0 Å². The zero-order valence-corrected chi connectivity index (χ0v) is 11.9. The summed E-state index contributed by atoms with van der Waals surface area (Å²) in [6.45, 7) is 8.40. The Balaban J connectivity index is 4.88. The molecule has 0 radical (unpaired) electrons. The Kier molecular flexibility index (Phi) is 5.16. The number of nitrogens with one attached hydrogen (secondary N) is 1. The van der Waals surface area contributed by atoms with Crippen molar-refractivity contribution in [3.8, 4) is 0 Å². The third-order valence-corrected chi connectivity index (χ3v) is 2.98. The van der Waals surface area contributed by atoms with Crippen LogP contribution in [-0.4, -0.2) is 52.3 Å². The van der Waals surface area contributed by atoms with Crippen molar-refractivity contribution in [1.82, 2.24) is 10.2 Å². The Morgan fingerprint density at radius 2 is 1.67 bits per heavy atom. The van der Waals surface area contributed by atoms with Crippen LogP contribution in [0.25, 0.3) is 0 Å². The van der Waals surface area contributed by atoms with E-state index in [0.717, 1.165) is 0 Å². The molecule has 3 N–H and O–H groups in total. The van der Waals surface area contributed by atoms with Gasteiger partial charge in [0.2, 0.25) is 0 Å². The molecule has 0 bridgehead atoms. The fraction of sp³-hybridized carbons (Fsp3) is 0.833. The van der Waals surface area contributed by atoms with Crippen LogP contribution in [0.3, 0.4) is 0 Å². The van der Waals surface area contributed by atoms with Crippen molar-refractivity contribution in [3.63, 3.8) is 0 Å². The van der Waals surface area contributed by atoms with E-state index >= 15 is 0 Å². The van der Waals surface area contributed by atoms with E-state index in [0.29, 0.717) is 0 Å². The number of amides is 2. The predicted octanol–water partition coefficient (Wildman–Crippen LogP) is 0.898. The number of carbonyl (C=O) groups excluding carboxylic acids is 1. The van der Waals surface area contributed by atoms with Crippen molar-refractivity contribution in [2.24, 2.45) is 5.41 Å². The molecule has 18 heavy (non-hydrogen) atoms. The first-order valence-corrected chi connectivity index (χ1v) is 5.81. The molecule has 0 heterocycles. The molecule has 0 aliphatic carbocycles. The van der Waals surface area contributed by atoms with Crippen molar-refractivity contribution >= 4 is 12.0 Å². The van der Waals surface area contributed by atoms with Gasteiger partial charge in [0.1, 0.15) is 6.04 Å². The van der Waals surface area contributed by atoms with E-state index in [-0.39, 0.29) is 6.61 Å². The van der Waals surface area contributed by atoms with Gasteiger partial charge in [0.05, 0.1) is 12.1 Å². The molecule has 0 saturated heterocycles. The largest absolute Gasteiger partial charge is 0.480 e. The van der Waals surface area contributed by atoms with Gasteiger partial charge in [-0.25, -0.2) is 9.59 Å². The third-order valence-electron chi connectivity index (χ3n) is 2.98. The van der Waals surface area contributed by atoms with E-state index in [4.69, 9.17) is 5.11 Å². The normalized spacial score (nSPS) is 13.9. The summed E-state index contributed by atoms with van der Waals surface area (Å²) in [7, 11) is 1.52. The van der Waals surface area contributed by atoms with Gasteiger partial charge in [0.15, 0.2) is 0 Å². The minimum Gasteiger partial charge on any atom is -0.480 e. The van der Waals surface area contributed by atoms with Crippen LogP contribution in [0.15, 0.2) is 0 Å². The van der Waals surface area contributed by atoms with Crippen LogP contribution in [0.4, 0.5) is 4.79 Å². The van der Waals surface area contributed by atoms with Crippen LogP contribution < -0.4 is 5.32 Å². The van der Waals surface area contributed by atoms with Gasteiger partial charge < -0.3 is 20.4 Å². The molecule has 0 aromatic heterocycles. The van der Waals surface area contributed by atoms with Crippen LogP contribution in [0.1, 0.15) is 34.6 Å². The number of hydrogen-bond acceptors (Lipinski definition) is 3. The molecule has 1 unspecified atom stereocenters. The first kappa shape index (κ1) is 16.7. The summed E-state index contributed by atoms with van der Waals surface area (Å²) < 4.78 is 0. The van der Waals surface area contributed by atoms with Crippen LogP contribution >= 0.6 is 0 Å². The lowest BCUT2D eigenvalue weighted by Gasteiger charge is -2.36. The molecule has 0 aromatic carbocycles. The highest BCUT2D eigenvalue weighted by atomic mass is 16.4. The van der Waals surface area contributed by atoms with Gasteiger partial charge in [-0.05, 0) is 19.3 Å². The zero-order chi connectivity index (χ0) is 14.7.